The third kappa shape index (κ3) is 1.93. The van der Waals surface area contributed by atoms with E-state index in [1.807, 2.05) is 0 Å². The van der Waals surface area contributed by atoms with Gasteiger partial charge in [-0.25, -0.2) is 0 Å². The zero-order valence-corrected chi connectivity index (χ0v) is 4.56. The molecule has 1 fully saturated rings. The fourth-order valence-corrected chi connectivity index (χ4v) is 0.738. The van der Waals surface area contributed by atoms with Crippen LogP contribution in [-0.2, 0) is 0 Å². The van der Waals surface area contributed by atoms with Crippen LogP contribution in [-0.4, -0.2) is 0 Å². The van der Waals surface area contributed by atoms with E-state index in [1.165, 1.54) is 19.3 Å². The molecular weight excluding hydrogens is 86.1 g/mol. The van der Waals surface area contributed by atoms with Gasteiger partial charge in [0.25, 0.3) is 0 Å². The van der Waals surface area contributed by atoms with Crippen molar-refractivity contribution in [3.8, 4) is 0 Å². The topological polar surface area (TPSA) is 26.0 Å². The van der Waals surface area contributed by atoms with Gasteiger partial charge in [-0.3, -0.25) is 0 Å². The van der Waals surface area contributed by atoms with Gasteiger partial charge in [0.1, 0.15) is 0 Å². The van der Waals surface area contributed by atoms with E-state index in [1.54, 1.807) is 6.54 Å². The highest BCUT2D eigenvalue weighted by Gasteiger charge is 2.19. The Bertz CT molecular complexity index is 48.1. The molecule has 41 valence electrons. The van der Waals surface area contributed by atoms with Gasteiger partial charge in [0.05, 0.1) is 0 Å². The van der Waals surface area contributed by atoms with Crippen molar-refractivity contribution in [2.24, 2.45) is 11.7 Å². The van der Waals surface area contributed by atoms with E-state index in [-0.39, 0.29) is 0 Å². The van der Waals surface area contributed by atoms with Gasteiger partial charge in [0, 0.05) is 6.54 Å². The van der Waals surface area contributed by atoms with Gasteiger partial charge in [0.15, 0.2) is 0 Å². The molecule has 1 saturated carbocycles. The summed E-state index contributed by atoms with van der Waals surface area (Å²) in [7, 11) is 0. The largest absolute Gasteiger partial charge is 0.326 e. The summed E-state index contributed by atoms with van der Waals surface area (Å²) in [6, 6.07) is 0. The second kappa shape index (κ2) is 2.31. The summed E-state index contributed by atoms with van der Waals surface area (Å²) in [5, 5.41) is 0. The SMILES string of the molecule is N[CH]CCC1CC1. The van der Waals surface area contributed by atoms with Crippen LogP contribution < -0.4 is 5.73 Å². The van der Waals surface area contributed by atoms with E-state index in [9.17, 15) is 0 Å². The van der Waals surface area contributed by atoms with Crippen molar-refractivity contribution in [1.82, 2.24) is 0 Å². The molecule has 1 heteroatoms. The van der Waals surface area contributed by atoms with Crippen molar-refractivity contribution in [3.63, 3.8) is 0 Å². The van der Waals surface area contributed by atoms with Crippen LogP contribution in [0.5, 0.6) is 0 Å². The van der Waals surface area contributed by atoms with Crippen molar-refractivity contribution in [2.45, 2.75) is 25.7 Å². The number of hydrogen-bond donors (Lipinski definition) is 1. The number of nitrogens with two attached hydrogens (primary N) is 1. The molecule has 0 aromatic rings. The molecule has 1 rings (SSSR count). The molecule has 0 bridgehead atoms. The van der Waals surface area contributed by atoms with Crippen molar-refractivity contribution < 1.29 is 0 Å². The molecule has 7 heavy (non-hydrogen) atoms. The van der Waals surface area contributed by atoms with Crippen LogP contribution in [0, 0.1) is 12.5 Å². The van der Waals surface area contributed by atoms with Crippen molar-refractivity contribution >= 4 is 0 Å². The van der Waals surface area contributed by atoms with E-state index in [0.29, 0.717) is 0 Å². The highest BCUT2D eigenvalue weighted by atomic mass is 14.5. The van der Waals surface area contributed by atoms with Crippen LogP contribution in [0.3, 0.4) is 0 Å². The molecule has 1 aliphatic rings. The summed E-state index contributed by atoms with van der Waals surface area (Å²) in [5.74, 6) is 1.04. The Hall–Kier alpha value is -0.0400. The van der Waals surface area contributed by atoms with Gasteiger partial charge in [-0.05, 0) is 18.8 Å². The van der Waals surface area contributed by atoms with Crippen LogP contribution in [0.4, 0.5) is 0 Å². The fraction of sp³-hybridized carbons (Fsp3) is 0.833. The number of rotatable bonds is 3. The van der Waals surface area contributed by atoms with E-state index < -0.39 is 0 Å². The maximum absolute atomic E-state index is 5.18. The second-order valence-electron chi connectivity index (χ2n) is 2.26. The van der Waals surface area contributed by atoms with Crippen LogP contribution in [0.1, 0.15) is 25.7 Å². The minimum Gasteiger partial charge on any atom is -0.326 e. The van der Waals surface area contributed by atoms with Crippen LogP contribution in [0.25, 0.3) is 0 Å². The highest BCUT2D eigenvalue weighted by Crippen LogP contribution is 2.33. The van der Waals surface area contributed by atoms with Crippen molar-refractivity contribution in [3.05, 3.63) is 6.54 Å². The fourth-order valence-electron chi connectivity index (χ4n) is 0.738. The van der Waals surface area contributed by atoms with E-state index >= 15 is 0 Å². The summed E-state index contributed by atoms with van der Waals surface area (Å²) in [5.41, 5.74) is 5.18. The third-order valence-electron chi connectivity index (χ3n) is 1.44. The zero-order chi connectivity index (χ0) is 5.11. The molecule has 0 aliphatic heterocycles. The lowest BCUT2D eigenvalue weighted by molar-refractivity contribution is 0.714. The Morgan fingerprint density at radius 3 is 2.71 bits per heavy atom. The maximum atomic E-state index is 5.18. The Labute approximate surface area is 44.9 Å². The first-order valence-corrected chi connectivity index (χ1v) is 2.97. The van der Waals surface area contributed by atoms with E-state index in [0.717, 1.165) is 12.3 Å². The molecule has 0 aromatic carbocycles. The molecule has 2 N–H and O–H groups in total. The van der Waals surface area contributed by atoms with E-state index in [4.69, 9.17) is 5.73 Å². The third-order valence-corrected chi connectivity index (χ3v) is 1.44. The van der Waals surface area contributed by atoms with Gasteiger partial charge in [0.2, 0.25) is 0 Å². The molecule has 0 saturated heterocycles. The first kappa shape index (κ1) is 5.10. The highest BCUT2D eigenvalue weighted by molar-refractivity contribution is 4.74. The molecule has 1 nitrogen and oxygen atoms in total. The Balaban J connectivity index is 1.80. The molecule has 0 unspecified atom stereocenters. The Morgan fingerprint density at radius 2 is 2.29 bits per heavy atom. The first-order valence-electron chi connectivity index (χ1n) is 2.97. The summed E-state index contributed by atoms with van der Waals surface area (Å²) in [6.07, 6.45) is 5.35. The molecule has 0 atom stereocenters. The van der Waals surface area contributed by atoms with Gasteiger partial charge >= 0.3 is 0 Å². The summed E-state index contributed by atoms with van der Waals surface area (Å²) in [6.45, 7) is 1.76. The molecule has 1 radical (unpaired) electrons. The lowest BCUT2D eigenvalue weighted by Gasteiger charge is -1.88. The lowest BCUT2D eigenvalue weighted by atomic mass is 10.2. The standard InChI is InChI=1S/C6H12N/c7-5-1-2-6-3-4-6/h5-6H,1-4,7H2. The maximum Gasteiger partial charge on any atom is 0.0192 e. The van der Waals surface area contributed by atoms with Gasteiger partial charge < -0.3 is 5.73 Å². The smallest absolute Gasteiger partial charge is 0.0192 e. The zero-order valence-electron chi connectivity index (χ0n) is 4.56. The first-order chi connectivity index (χ1) is 3.43. The minimum absolute atomic E-state index is 1.04. The predicted molar refractivity (Wildman–Crippen MR) is 30.4 cm³/mol. The molecular formula is C6H12N. The quantitative estimate of drug-likeness (QED) is 0.565. The lowest BCUT2D eigenvalue weighted by Crippen LogP contribution is -1.89. The second-order valence-corrected chi connectivity index (χ2v) is 2.26. The van der Waals surface area contributed by atoms with Gasteiger partial charge in [-0.2, -0.15) is 0 Å². The predicted octanol–water partition coefficient (Wildman–Crippen LogP) is 1.30. The van der Waals surface area contributed by atoms with Crippen LogP contribution in [0.2, 0.25) is 0 Å². The van der Waals surface area contributed by atoms with Crippen molar-refractivity contribution in [2.75, 3.05) is 0 Å². The molecule has 1 aliphatic carbocycles. The Morgan fingerprint density at radius 1 is 1.57 bits per heavy atom. The number of hydrogen-bond acceptors (Lipinski definition) is 1. The van der Waals surface area contributed by atoms with Crippen LogP contribution in [0.15, 0.2) is 0 Å². The minimum atomic E-state index is 1.04. The monoisotopic (exact) mass is 98.1 g/mol. The summed E-state index contributed by atoms with van der Waals surface area (Å²) >= 11 is 0. The van der Waals surface area contributed by atoms with Crippen LogP contribution >= 0.6 is 0 Å². The summed E-state index contributed by atoms with van der Waals surface area (Å²) in [4.78, 5) is 0. The Kier molecular flexibility index (Phi) is 1.69. The summed E-state index contributed by atoms with van der Waals surface area (Å²) < 4.78 is 0. The molecule has 0 aromatic heterocycles. The average molecular weight is 98.2 g/mol. The molecule has 0 spiro atoms. The van der Waals surface area contributed by atoms with Gasteiger partial charge in [-0.1, -0.05) is 12.8 Å². The molecule has 0 amide bonds. The van der Waals surface area contributed by atoms with Crippen molar-refractivity contribution in [1.29, 1.82) is 0 Å². The normalized spacial score (nSPS) is 20.1. The van der Waals surface area contributed by atoms with E-state index in [2.05, 4.69) is 0 Å². The van der Waals surface area contributed by atoms with Gasteiger partial charge in [-0.15, -0.1) is 0 Å². The average Bonchev–Trinajstić information content (AvgIpc) is 2.42. The molecule has 0 heterocycles.